The van der Waals surface area contributed by atoms with Crippen LogP contribution in [0, 0.1) is 0 Å². The first-order valence-electron chi connectivity index (χ1n) is 11.1. The molecule has 0 aromatic heterocycles. The van der Waals surface area contributed by atoms with E-state index in [4.69, 9.17) is 0 Å². The fourth-order valence-electron chi connectivity index (χ4n) is 4.18. The fourth-order valence-corrected chi connectivity index (χ4v) is 6.85. The molecule has 1 nitrogen and oxygen atoms in total. The van der Waals surface area contributed by atoms with Crippen molar-refractivity contribution in [3.63, 3.8) is 0 Å². The quantitative estimate of drug-likeness (QED) is 0.220. The third-order valence-electron chi connectivity index (χ3n) is 5.80. The Morgan fingerprint density at radius 3 is 1.74 bits per heavy atom. The largest absolute Gasteiger partial charge is 0.311 e. The maximum absolute atomic E-state index is 3.56. The van der Waals surface area contributed by atoms with Crippen LogP contribution < -0.4 is 4.90 Å². The van der Waals surface area contributed by atoms with Crippen molar-refractivity contribution < 1.29 is 0 Å². The second-order valence-corrected chi connectivity index (χ2v) is 11.0. The predicted octanol–water partition coefficient (Wildman–Crippen LogP) is 10.2. The summed E-state index contributed by atoms with van der Waals surface area (Å²) in [6.07, 6.45) is 0. The van der Waals surface area contributed by atoms with Crippen LogP contribution in [0.4, 0.5) is 17.1 Å². The lowest BCUT2D eigenvalue weighted by molar-refractivity contribution is 1.16. The van der Waals surface area contributed by atoms with Gasteiger partial charge >= 0.3 is 0 Å². The van der Waals surface area contributed by atoms with Crippen molar-refractivity contribution in [3.8, 4) is 11.1 Å². The van der Waals surface area contributed by atoms with Gasteiger partial charge in [0.25, 0.3) is 0 Å². The van der Waals surface area contributed by atoms with Gasteiger partial charge in [0.05, 0.1) is 0 Å². The van der Waals surface area contributed by atoms with Crippen molar-refractivity contribution in [3.05, 3.63) is 126 Å². The highest BCUT2D eigenvalue weighted by atomic mass is 79.9. The molecule has 34 heavy (non-hydrogen) atoms. The lowest BCUT2D eigenvalue weighted by Gasteiger charge is -2.26. The number of benzene rings is 5. The zero-order valence-electron chi connectivity index (χ0n) is 18.2. The molecule has 0 fully saturated rings. The van der Waals surface area contributed by atoms with E-state index in [1.54, 1.807) is 0 Å². The summed E-state index contributed by atoms with van der Waals surface area (Å²) in [6.45, 7) is 0. The summed E-state index contributed by atoms with van der Waals surface area (Å²) in [5.41, 5.74) is 5.92. The number of hydrogen-bond donors (Lipinski definition) is 0. The normalized spacial score (nSPS) is 12.0. The van der Waals surface area contributed by atoms with Gasteiger partial charge in [-0.1, -0.05) is 94.1 Å². The van der Waals surface area contributed by atoms with Crippen LogP contribution in [0.2, 0.25) is 0 Å². The molecule has 5 aromatic rings. The van der Waals surface area contributed by atoms with Crippen LogP contribution in [0.5, 0.6) is 0 Å². The second kappa shape index (κ2) is 9.38. The Morgan fingerprint density at radius 1 is 0.471 bits per heavy atom. The number of nitrogens with zero attached hydrogens (tertiary/aromatic N) is 1. The highest BCUT2D eigenvalue weighted by molar-refractivity contribution is 9.10. The summed E-state index contributed by atoms with van der Waals surface area (Å²) in [6, 6.07) is 43.2. The van der Waals surface area contributed by atoms with Crippen molar-refractivity contribution in [1.82, 2.24) is 0 Å². The van der Waals surface area contributed by atoms with Gasteiger partial charge in [0.1, 0.15) is 0 Å². The zero-order valence-corrected chi connectivity index (χ0v) is 21.4. The zero-order chi connectivity index (χ0) is 22.9. The predicted molar refractivity (Wildman–Crippen MR) is 149 cm³/mol. The molecule has 0 amide bonds. The molecule has 0 radical (unpaired) electrons. The Morgan fingerprint density at radius 2 is 1.03 bits per heavy atom. The molecule has 1 aliphatic heterocycles. The Hall–Kier alpha value is -2.92. The van der Waals surface area contributed by atoms with Crippen molar-refractivity contribution in [1.29, 1.82) is 0 Å². The molecule has 0 bridgehead atoms. The number of rotatable bonds is 4. The van der Waals surface area contributed by atoms with Gasteiger partial charge < -0.3 is 4.90 Å². The third kappa shape index (κ3) is 4.18. The minimum atomic E-state index is 1.07. The molecular formula is C30H20BrNS2. The van der Waals surface area contributed by atoms with E-state index in [9.17, 15) is 0 Å². The molecule has 0 saturated heterocycles. The van der Waals surface area contributed by atoms with E-state index in [1.165, 1.54) is 30.7 Å². The number of fused-ring (bicyclic) bond motifs is 2. The smallest absolute Gasteiger partial charge is 0.0462 e. The molecule has 0 unspecified atom stereocenters. The molecule has 0 saturated carbocycles. The van der Waals surface area contributed by atoms with E-state index in [1.807, 2.05) is 23.5 Å². The molecule has 1 heterocycles. The van der Waals surface area contributed by atoms with Gasteiger partial charge in [-0.2, -0.15) is 0 Å². The molecule has 4 heteroatoms. The number of anilines is 3. The molecule has 0 atom stereocenters. The monoisotopic (exact) mass is 537 g/mol. The molecular weight excluding hydrogens is 518 g/mol. The third-order valence-corrected chi connectivity index (χ3v) is 8.94. The van der Waals surface area contributed by atoms with E-state index >= 15 is 0 Å². The van der Waals surface area contributed by atoms with Gasteiger partial charge in [-0.05, 0) is 77.9 Å². The van der Waals surface area contributed by atoms with E-state index in [0.717, 1.165) is 21.5 Å². The van der Waals surface area contributed by atoms with Gasteiger partial charge in [0.15, 0.2) is 0 Å². The van der Waals surface area contributed by atoms with Crippen LogP contribution in [0.3, 0.4) is 0 Å². The summed E-state index contributed by atoms with van der Waals surface area (Å²) < 4.78 is 1.07. The summed E-state index contributed by atoms with van der Waals surface area (Å²) in [5.74, 6) is 0. The molecule has 164 valence electrons. The summed E-state index contributed by atoms with van der Waals surface area (Å²) in [5, 5.41) is 0. The minimum Gasteiger partial charge on any atom is -0.311 e. The summed E-state index contributed by atoms with van der Waals surface area (Å²) in [7, 11) is 0. The van der Waals surface area contributed by atoms with Gasteiger partial charge in [0, 0.05) is 41.1 Å². The average molecular weight is 539 g/mol. The Balaban J connectivity index is 1.39. The first-order chi connectivity index (χ1) is 16.8. The Bertz CT molecular complexity index is 1450. The molecule has 5 aromatic carbocycles. The maximum atomic E-state index is 3.56. The Labute approximate surface area is 217 Å². The average Bonchev–Trinajstić information content (AvgIpc) is 2.89. The highest BCUT2D eigenvalue weighted by Gasteiger charge is 2.20. The lowest BCUT2D eigenvalue weighted by atomic mass is 10.0. The van der Waals surface area contributed by atoms with E-state index in [0.29, 0.717) is 0 Å². The van der Waals surface area contributed by atoms with E-state index in [-0.39, 0.29) is 0 Å². The van der Waals surface area contributed by atoms with Crippen LogP contribution >= 0.6 is 39.5 Å². The summed E-state index contributed by atoms with van der Waals surface area (Å²) >= 11 is 7.30. The maximum Gasteiger partial charge on any atom is 0.0462 e. The van der Waals surface area contributed by atoms with Gasteiger partial charge in [-0.3, -0.25) is 0 Å². The number of halogens is 1. The van der Waals surface area contributed by atoms with Crippen LogP contribution in [0.1, 0.15) is 0 Å². The second-order valence-electron chi connectivity index (χ2n) is 7.98. The standard InChI is InChI=1S/C30H20BrNS2/c31-22-15-19-25(20-16-22)32(23-7-2-1-3-8-23)24-17-13-21(14-18-24)26-9-6-12-29-30(26)34-28-11-5-4-10-27(28)33-29/h1-20H. The van der Waals surface area contributed by atoms with Crippen LogP contribution in [-0.4, -0.2) is 0 Å². The molecule has 6 rings (SSSR count). The SMILES string of the molecule is Brc1ccc(N(c2ccccc2)c2ccc(-c3cccc4c3Sc3ccccc3S4)cc2)cc1. The van der Waals surface area contributed by atoms with Crippen molar-refractivity contribution in [2.45, 2.75) is 19.6 Å². The van der Waals surface area contributed by atoms with Crippen LogP contribution in [0.25, 0.3) is 11.1 Å². The minimum absolute atomic E-state index is 1.07. The van der Waals surface area contributed by atoms with Crippen LogP contribution in [-0.2, 0) is 0 Å². The molecule has 0 N–H and O–H groups in total. The van der Waals surface area contributed by atoms with Gasteiger partial charge in [0.2, 0.25) is 0 Å². The van der Waals surface area contributed by atoms with Crippen molar-refractivity contribution >= 4 is 56.5 Å². The topological polar surface area (TPSA) is 3.24 Å². The van der Waals surface area contributed by atoms with Crippen molar-refractivity contribution in [2.75, 3.05) is 4.90 Å². The molecule has 1 aliphatic rings. The fraction of sp³-hybridized carbons (Fsp3) is 0. The number of para-hydroxylation sites is 1. The van der Waals surface area contributed by atoms with E-state index in [2.05, 4.69) is 142 Å². The summed E-state index contributed by atoms with van der Waals surface area (Å²) in [4.78, 5) is 7.62. The van der Waals surface area contributed by atoms with E-state index < -0.39 is 0 Å². The van der Waals surface area contributed by atoms with Crippen molar-refractivity contribution in [2.24, 2.45) is 0 Å². The first-order valence-corrected chi connectivity index (χ1v) is 13.5. The van der Waals surface area contributed by atoms with Gasteiger partial charge in [-0.15, -0.1) is 0 Å². The lowest BCUT2D eigenvalue weighted by Crippen LogP contribution is -2.09. The number of hydrogen-bond acceptors (Lipinski definition) is 3. The Kier molecular flexibility index (Phi) is 5.96. The van der Waals surface area contributed by atoms with Gasteiger partial charge in [-0.25, -0.2) is 0 Å². The van der Waals surface area contributed by atoms with Crippen LogP contribution in [0.15, 0.2) is 145 Å². The first kappa shape index (κ1) is 21.6. The highest BCUT2D eigenvalue weighted by Crippen LogP contribution is 2.51. The molecule has 0 spiro atoms. The molecule has 0 aliphatic carbocycles.